The van der Waals surface area contributed by atoms with Crippen molar-refractivity contribution in [3.63, 3.8) is 0 Å². The van der Waals surface area contributed by atoms with Crippen LogP contribution in [0.25, 0.3) is 0 Å². The highest BCUT2D eigenvalue weighted by molar-refractivity contribution is 9.10. The molecule has 0 saturated carbocycles. The quantitative estimate of drug-likeness (QED) is 0.626. The maximum absolute atomic E-state index is 11.7. The van der Waals surface area contributed by atoms with Crippen molar-refractivity contribution in [2.24, 2.45) is 5.10 Å². The van der Waals surface area contributed by atoms with Crippen LogP contribution in [0.3, 0.4) is 0 Å². The van der Waals surface area contributed by atoms with Crippen molar-refractivity contribution in [1.29, 1.82) is 0 Å². The van der Waals surface area contributed by atoms with E-state index in [9.17, 15) is 4.79 Å². The monoisotopic (exact) mass is 386 g/mol. The predicted octanol–water partition coefficient (Wildman–Crippen LogP) is 4.04. The molecule has 0 fully saturated rings. The minimum atomic E-state index is -0.233. The van der Waals surface area contributed by atoms with Crippen molar-refractivity contribution in [2.45, 2.75) is 0 Å². The van der Waals surface area contributed by atoms with Crippen molar-refractivity contribution >= 4 is 55.3 Å². The predicted molar refractivity (Wildman–Crippen MR) is 81.2 cm³/mol. The topological polar surface area (TPSA) is 41.5 Å². The molecule has 0 unspecified atom stereocenters. The number of benzene rings is 1. The Kier molecular flexibility index (Phi) is 4.68. The summed E-state index contributed by atoms with van der Waals surface area (Å²) in [7, 11) is 0. The number of carbonyl (C=O) groups excluding carboxylic acids is 1. The molecule has 0 saturated heterocycles. The lowest BCUT2D eigenvalue weighted by molar-refractivity contribution is 0.0955. The number of halogens is 2. The van der Waals surface area contributed by atoms with E-state index in [1.54, 1.807) is 35.8 Å². The first kappa shape index (κ1) is 13.5. The minimum Gasteiger partial charge on any atom is -0.267 e. The Hall–Kier alpha value is -0.980. The van der Waals surface area contributed by atoms with E-state index in [-0.39, 0.29) is 5.91 Å². The van der Waals surface area contributed by atoms with Gasteiger partial charge >= 0.3 is 0 Å². The number of carbonyl (C=O) groups is 1. The van der Waals surface area contributed by atoms with E-state index in [0.717, 1.165) is 13.8 Å². The molecule has 2 rings (SSSR count). The van der Waals surface area contributed by atoms with Crippen LogP contribution in [0, 0.1) is 0 Å². The number of hydrazone groups is 1. The molecule has 3 nitrogen and oxygen atoms in total. The number of thiophene rings is 1. The van der Waals surface area contributed by atoms with Gasteiger partial charge in [0.25, 0.3) is 5.91 Å². The standard InChI is InChI=1S/C12H8Br2N2OS/c13-9-3-1-2-8(4-9)12(17)16-15-6-11-5-10(14)7-18-11/h1-7H,(H,16,17). The van der Waals surface area contributed by atoms with E-state index in [0.29, 0.717) is 5.56 Å². The number of rotatable bonds is 3. The summed E-state index contributed by atoms with van der Waals surface area (Å²) in [5.41, 5.74) is 3.05. The van der Waals surface area contributed by atoms with Gasteiger partial charge in [-0.2, -0.15) is 5.10 Å². The molecule has 1 aromatic carbocycles. The highest BCUT2D eigenvalue weighted by Crippen LogP contribution is 2.17. The average Bonchev–Trinajstić information content (AvgIpc) is 2.75. The van der Waals surface area contributed by atoms with Gasteiger partial charge in [0.1, 0.15) is 0 Å². The highest BCUT2D eigenvalue weighted by Gasteiger charge is 2.03. The highest BCUT2D eigenvalue weighted by atomic mass is 79.9. The first-order valence-electron chi connectivity index (χ1n) is 4.98. The lowest BCUT2D eigenvalue weighted by atomic mass is 10.2. The average molecular weight is 388 g/mol. The molecule has 0 aliphatic rings. The van der Waals surface area contributed by atoms with Gasteiger partial charge in [-0.25, -0.2) is 5.43 Å². The fraction of sp³-hybridized carbons (Fsp3) is 0. The summed E-state index contributed by atoms with van der Waals surface area (Å²) >= 11 is 8.21. The summed E-state index contributed by atoms with van der Waals surface area (Å²) in [5, 5.41) is 5.87. The van der Waals surface area contributed by atoms with Gasteiger partial charge in [-0.15, -0.1) is 11.3 Å². The van der Waals surface area contributed by atoms with Crippen LogP contribution in [-0.2, 0) is 0 Å². The van der Waals surface area contributed by atoms with Gasteiger partial charge in [0, 0.05) is 24.8 Å². The van der Waals surface area contributed by atoms with Gasteiger partial charge in [0.15, 0.2) is 0 Å². The molecule has 0 aliphatic carbocycles. The Morgan fingerprint density at radius 1 is 1.28 bits per heavy atom. The zero-order chi connectivity index (χ0) is 13.0. The van der Waals surface area contributed by atoms with Crippen LogP contribution >= 0.6 is 43.2 Å². The Bertz CT molecular complexity index is 595. The Morgan fingerprint density at radius 3 is 2.78 bits per heavy atom. The first-order chi connectivity index (χ1) is 8.65. The molecule has 0 spiro atoms. The molecule has 1 amide bonds. The smallest absolute Gasteiger partial charge is 0.267 e. The third-order valence-electron chi connectivity index (χ3n) is 2.03. The molecule has 6 heteroatoms. The lowest BCUT2D eigenvalue weighted by Gasteiger charge is -1.99. The molecule has 2 aromatic rings. The number of amides is 1. The first-order valence-corrected chi connectivity index (χ1v) is 7.45. The molecule has 0 atom stereocenters. The molecule has 0 aliphatic heterocycles. The SMILES string of the molecule is O=C(NN=Cc1cc(Br)cs1)c1cccc(Br)c1. The molecule has 1 N–H and O–H groups in total. The molecule has 0 radical (unpaired) electrons. The number of hydrogen-bond acceptors (Lipinski definition) is 3. The number of nitrogens with zero attached hydrogens (tertiary/aromatic N) is 1. The Balaban J connectivity index is 1.98. The van der Waals surface area contributed by atoms with E-state index in [1.165, 1.54) is 0 Å². The molecule has 0 bridgehead atoms. The van der Waals surface area contributed by atoms with E-state index >= 15 is 0 Å². The second-order valence-corrected chi connectivity index (χ2v) is 6.15. The van der Waals surface area contributed by atoms with Gasteiger partial charge in [0.2, 0.25) is 0 Å². The minimum absolute atomic E-state index is 0.233. The van der Waals surface area contributed by atoms with E-state index in [4.69, 9.17) is 0 Å². The van der Waals surface area contributed by atoms with E-state index in [1.807, 2.05) is 17.5 Å². The second-order valence-electron chi connectivity index (χ2n) is 3.38. The van der Waals surface area contributed by atoms with Crippen molar-refractivity contribution in [2.75, 3.05) is 0 Å². The Morgan fingerprint density at radius 2 is 2.11 bits per heavy atom. The summed E-state index contributed by atoms with van der Waals surface area (Å²) in [6.07, 6.45) is 1.62. The van der Waals surface area contributed by atoms with Crippen LogP contribution in [0.4, 0.5) is 0 Å². The van der Waals surface area contributed by atoms with Crippen LogP contribution < -0.4 is 5.43 Å². The molecular formula is C12H8Br2N2OS. The number of hydrogen-bond donors (Lipinski definition) is 1. The summed E-state index contributed by atoms with van der Waals surface area (Å²) in [6, 6.07) is 9.08. The number of nitrogens with one attached hydrogen (secondary N) is 1. The zero-order valence-corrected chi connectivity index (χ0v) is 13.0. The molecule has 92 valence electrons. The molecule has 1 aromatic heterocycles. The van der Waals surface area contributed by atoms with Crippen molar-refractivity contribution < 1.29 is 4.79 Å². The second kappa shape index (κ2) is 6.26. The van der Waals surface area contributed by atoms with E-state index in [2.05, 4.69) is 42.4 Å². The van der Waals surface area contributed by atoms with Crippen LogP contribution in [0.15, 0.2) is 49.8 Å². The fourth-order valence-corrected chi connectivity index (χ4v) is 2.95. The van der Waals surface area contributed by atoms with Gasteiger partial charge in [-0.3, -0.25) is 4.79 Å². The zero-order valence-electron chi connectivity index (χ0n) is 9.06. The summed E-state index contributed by atoms with van der Waals surface area (Å²) < 4.78 is 1.87. The molecule has 18 heavy (non-hydrogen) atoms. The van der Waals surface area contributed by atoms with Crippen molar-refractivity contribution in [1.82, 2.24) is 5.43 Å². The van der Waals surface area contributed by atoms with Crippen LogP contribution in [0.5, 0.6) is 0 Å². The third kappa shape index (κ3) is 3.76. The normalized spacial score (nSPS) is 10.8. The maximum Gasteiger partial charge on any atom is 0.271 e. The Labute approximate surface area is 125 Å². The molecule has 1 heterocycles. The fourth-order valence-electron chi connectivity index (χ4n) is 1.24. The maximum atomic E-state index is 11.7. The largest absolute Gasteiger partial charge is 0.271 e. The summed E-state index contributed by atoms with van der Waals surface area (Å²) in [4.78, 5) is 12.7. The van der Waals surface area contributed by atoms with Gasteiger partial charge < -0.3 is 0 Å². The van der Waals surface area contributed by atoms with Crippen molar-refractivity contribution in [3.8, 4) is 0 Å². The van der Waals surface area contributed by atoms with Gasteiger partial charge in [-0.05, 0) is 40.2 Å². The molecular weight excluding hydrogens is 380 g/mol. The summed E-state index contributed by atoms with van der Waals surface area (Å²) in [5.74, 6) is -0.233. The van der Waals surface area contributed by atoms with Gasteiger partial charge in [0.05, 0.1) is 6.21 Å². The van der Waals surface area contributed by atoms with E-state index < -0.39 is 0 Å². The van der Waals surface area contributed by atoms with Crippen molar-refractivity contribution in [3.05, 3.63) is 55.1 Å². The van der Waals surface area contributed by atoms with Crippen LogP contribution in [-0.4, -0.2) is 12.1 Å². The van der Waals surface area contributed by atoms with Crippen LogP contribution in [0.1, 0.15) is 15.2 Å². The lowest BCUT2D eigenvalue weighted by Crippen LogP contribution is -2.17. The summed E-state index contributed by atoms with van der Waals surface area (Å²) in [6.45, 7) is 0. The van der Waals surface area contributed by atoms with Gasteiger partial charge in [-0.1, -0.05) is 22.0 Å². The third-order valence-corrected chi connectivity index (χ3v) is 4.15. The van der Waals surface area contributed by atoms with Crippen LogP contribution in [0.2, 0.25) is 0 Å².